The molecule has 0 N–H and O–H groups in total. The molecule has 0 unspecified atom stereocenters. The van der Waals surface area contributed by atoms with Crippen molar-refractivity contribution in [3.05, 3.63) is 35.1 Å². The quantitative estimate of drug-likeness (QED) is 0.369. The number of rotatable bonds is 10. The van der Waals surface area contributed by atoms with Crippen molar-refractivity contribution in [2.24, 2.45) is 11.8 Å². The summed E-state index contributed by atoms with van der Waals surface area (Å²) in [4.78, 5) is 0. The molecule has 3 rings (SSSR count). The van der Waals surface area contributed by atoms with Crippen LogP contribution in [0.5, 0.6) is 0 Å². The third-order valence-corrected chi connectivity index (χ3v) is 5.81. The van der Waals surface area contributed by atoms with Crippen LogP contribution in [-0.2, 0) is 25.4 Å². The number of aryl methyl sites for hydroxylation is 1. The van der Waals surface area contributed by atoms with Crippen LogP contribution in [0.1, 0.15) is 57.4 Å². The molecule has 170 valence electrons. The van der Waals surface area contributed by atoms with Gasteiger partial charge in [-0.05, 0) is 43.4 Å². The van der Waals surface area contributed by atoms with Gasteiger partial charge in [0, 0.05) is 18.3 Å². The Hall–Kier alpha value is -1.15. The molecule has 2 saturated heterocycles. The van der Waals surface area contributed by atoms with Gasteiger partial charge in [-0.15, -0.1) is 0 Å². The van der Waals surface area contributed by atoms with Gasteiger partial charge in [-0.1, -0.05) is 26.2 Å². The Morgan fingerprint density at radius 3 is 1.83 bits per heavy atom. The van der Waals surface area contributed by atoms with Crippen molar-refractivity contribution in [3.63, 3.8) is 0 Å². The Bertz CT molecular complexity index is 618. The summed E-state index contributed by atoms with van der Waals surface area (Å²) in [6.45, 7) is 4.91. The van der Waals surface area contributed by atoms with Crippen LogP contribution >= 0.6 is 0 Å². The Morgan fingerprint density at radius 2 is 1.27 bits per heavy atom. The lowest BCUT2D eigenvalue weighted by Gasteiger charge is -2.32. The fourth-order valence-electron chi connectivity index (χ4n) is 3.92. The van der Waals surface area contributed by atoms with Crippen LogP contribution in [0.2, 0.25) is 0 Å². The third-order valence-electron chi connectivity index (χ3n) is 5.81. The number of ether oxygens (including phenoxy) is 4. The van der Waals surface area contributed by atoms with E-state index >= 15 is 0 Å². The van der Waals surface area contributed by atoms with Crippen LogP contribution < -0.4 is 0 Å². The zero-order chi connectivity index (χ0) is 21.3. The minimum atomic E-state index is -1.44. The van der Waals surface area contributed by atoms with E-state index in [-0.39, 0.29) is 12.2 Å². The Balaban J connectivity index is 1.28. The van der Waals surface area contributed by atoms with Gasteiger partial charge in [-0.25, -0.2) is 13.2 Å². The zero-order valence-electron chi connectivity index (χ0n) is 17.7. The van der Waals surface area contributed by atoms with E-state index in [1.54, 1.807) is 0 Å². The average molecular weight is 431 g/mol. The van der Waals surface area contributed by atoms with Gasteiger partial charge in [-0.2, -0.15) is 0 Å². The predicted octanol–water partition coefficient (Wildman–Crippen LogP) is 5.38. The minimum Gasteiger partial charge on any atom is -0.352 e. The summed E-state index contributed by atoms with van der Waals surface area (Å²) in [6.07, 6.45) is 6.87. The normalized spacial score (nSPS) is 27.3. The first kappa shape index (κ1) is 23.5. The highest BCUT2D eigenvalue weighted by Crippen LogP contribution is 2.24. The molecule has 4 nitrogen and oxygen atoms in total. The number of benzene rings is 1. The molecule has 0 saturated carbocycles. The number of unbranched alkanes of at least 4 members (excludes halogenated alkanes) is 2. The average Bonchev–Trinajstić information content (AvgIpc) is 2.76. The third kappa shape index (κ3) is 7.22. The van der Waals surface area contributed by atoms with Crippen LogP contribution in [0, 0.1) is 29.3 Å². The summed E-state index contributed by atoms with van der Waals surface area (Å²) in [6, 6.07) is 2.03. The number of hydrogen-bond acceptors (Lipinski definition) is 4. The molecular formula is C23H33F3O4. The molecule has 2 heterocycles. The Morgan fingerprint density at radius 1 is 0.733 bits per heavy atom. The van der Waals surface area contributed by atoms with E-state index in [0.29, 0.717) is 37.5 Å². The smallest absolute Gasteiger partial charge is 0.194 e. The van der Waals surface area contributed by atoms with E-state index in [0.717, 1.165) is 38.2 Å². The van der Waals surface area contributed by atoms with Crippen LogP contribution in [0.3, 0.4) is 0 Å². The van der Waals surface area contributed by atoms with Crippen LogP contribution in [0.4, 0.5) is 13.2 Å². The molecule has 0 atom stereocenters. The fraction of sp³-hybridized carbons (Fsp3) is 0.739. The maximum Gasteiger partial charge on any atom is 0.194 e. The highest BCUT2D eigenvalue weighted by Gasteiger charge is 2.26. The lowest BCUT2D eigenvalue weighted by Crippen LogP contribution is -2.35. The summed E-state index contributed by atoms with van der Waals surface area (Å²) in [5, 5.41) is 0. The number of halogens is 3. The monoisotopic (exact) mass is 430 g/mol. The van der Waals surface area contributed by atoms with Crippen molar-refractivity contribution in [2.75, 3.05) is 26.4 Å². The van der Waals surface area contributed by atoms with Crippen molar-refractivity contribution in [1.29, 1.82) is 0 Å². The maximum atomic E-state index is 13.3. The van der Waals surface area contributed by atoms with Crippen molar-refractivity contribution < 1.29 is 32.1 Å². The van der Waals surface area contributed by atoms with Crippen molar-refractivity contribution in [1.82, 2.24) is 0 Å². The van der Waals surface area contributed by atoms with Crippen molar-refractivity contribution in [3.8, 4) is 0 Å². The van der Waals surface area contributed by atoms with E-state index in [1.165, 1.54) is 25.7 Å². The second kappa shape index (κ2) is 12.0. The molecule has 0 aliphatic carbocycles. The molecule has 1 aromatic carbocycles. The van der Waals surface area contributed by atoms with E-state index in [4.69, 9.17) is 18.9 Å². The Kier molecular flexibility index (Phi) is 9.43. The highest BCUT2D eigenvalue weighted by atomic mass is 19.2. The largest absolute Gasteiger partial charge is 0.352 e. The second-order valence-corrected chi connectivity index (χ2v) is 8.41. The maximum absolute atomic E-state index is 13.3. The van der Waals surface area contributed by atoms with E-state index in [9.17, 15) is 13.2 Å². The summed E-state index contributed by atoms with van der Waals surface area (Å²) in [5.41, 5.74) is 0.389. The van der Waals surface area contributed by atoms with Crippen LogP contribution in [0.15, 0.2) is 12.1 Å². The molecule has 2 aliphatic heterocycles. The Labute approximate surface area is 177 Å². The van der Waals surface area contributed by atoms with Crippen molar-refractivity contribution in [2.45, 2.75) is 70.9 Å². The fourth-order valence-corrected chi connectivity index (χ4v) is 3.92. The first-order chi connectivity index (χ1) is 14.5. The molecular weight excluding hydrogens is 397 g/mol. The first-order valence-corrected chi connectivity index (χ1v) is 11.1. The molecule has 0 bridgehead atoms. The van der Waals surface area contributed by atoms with Gasteiger partial charge in [-0.3, -0.25) is 0 Å². The molecule has 1 aromatic rings. The van der Waals surface area contributed by atoms with Crippen LogP contribution in [-0.4, -0.2) is 39.0 Å². The lowest BCUT2D eigenvalue weighted by molar-refractivity contribution is -0.219. The van der Waals surface area contributed by atoms with Gasteiger partial charge >= 0.3 is 0 Å². The molecule has 30 heavy (non-hydrogen) atoms. The first-order valence-electron chi connectivity index (χ1n) is 11.1. The minimum absolute atomic E-state index is 0.145. The SMILES string of the molecule is CCCCC[C@H]1CO[C@H](CC[C@H]2CO[C@H](CCc3cc(F)c(F)c(F)c3)OC2)OC1. The lowest BCUT2D eigenvalue weighted by atomic mass is 10.0. The van der Waals surface area contributed by atoms with E-state index in [1.807, 2.05) is 0 Å². The summed E-state index contributed by atoms with van der Waals surface area (Å²) >= 11 is 0. The van der Waals surface area contributed by atoms with Gasteiger partial charge in [0.25, 0.3) is 0 Å². The standard InChI is InChI=1S/C23H33F3O4/c1-2-3-4-5-17-12-27-22(28-13-17)9-7-18-14-29-21(30-15-18)8-6-16-10-19(24)23(26)20(25)11-16/h10-11,17-18,21-22H,2-9,12-15H2,1H3/t17-,18-,21-,22-. The van der Waals surface area contributed by atoms with Crippen molar-refractivity contribution >= 4 is 0 Å². The molecule has 2 fully saturated rings. The molecule has 0 aromatic heterocycles. The van der Waals surface area contributed by atoms with E-state index < -0.39 is 23.7 Å². The second-order valence-electron chi connectivity index (χ2n) is 8.41. The van der Waals surface area contributed by atoms with Gasteiger partial charge in [0.1, 0.15) is 0 Å². The molecule has 0 spiro atoms. The van der Waals surface area contributed by atoms with Gasteiger partial charge in [0.2, 0.25) is 0 Å². The molecule has 2 aliphatic rings. The van der Waals surface area contributed by atoms with Gasteiger partial charge in [0.05, 0.1) is 26.4 Å². The zero-order valence-corrected chi connectivity index (χ0v) is 17.7. The van der Waals surface area contributed by atoms with Crippen LogP contribution in [0.25, 0.3) is 0 Å². The summed E-state index contributed by atoms with van der Waals surface area (Å²) in [5.74, 6) is -3.00. The molecule has 7 heteroatoms. The topological polar surface area (TPSA) is 36.9 Å². The van der Waals surface area contributed by atoms with Gasteiger partial charge in [0.15, 0.2) is 30.0 Å². The summed E-state index contributed by atoms with van der Waals surface area (Å²) < 4.78 is 62.8. The van der Waals surface area contributed by atoms with Gasteiger partial charge < -0.3 is 18.9 Å². The predicted molar refractivity (Wildman–Crippen MR) is 106 cm³/mol. The molecule has 0 radical (unpaired) electrons. The highest BCUT2D eigenvalue weighted by molar-refractivity contribution is 5.19. The molecule has 0 amide bonds. The summed E-state index contributed by atoms with van der Waals surface area (Å²) in [7, 11) is 0. The van der Waals surface area contributed by atoms with E-state index in [2.05, 4.69) is 6.92 Å². The number of hydrogen-bond donors (Lipinski definition) is 0.